The van der Waals surface area contributed by atoms with Gasteiger partial charge in [-0.1, -0.05) is 12.1 Å². The number of methoxy groups -OCH3 is 1. The lowest BCUT2D eigenvalue weighted by Crippen LogP contribution is -2.44. The van der Waals surface area contributed by atoms with Crippen LogP contribution in [0, 0.1) is 0 Å². The number of hydrogen-bond acceptors (Lipinski definition) is 4. The largest absolute Gasteiger partial charge is 0.482 e. The van der Waals surface area contributed by atoms with E-state index in [9.17, 15) is 4.79 Å². The lowest BCUT2D eigenvalue weighted by molar-refractivity contribution is -0.136. The smallest absolute Gasteiger partial charge is 0.260 e. The molecule has 1 heterocycles. The van der Waals surface area contributed by atoms with Gasteiger partial charge in [0.15, 0.2) is 6.61 Å². The molecular formula is C14H20N2O3. The molecule has 1 aromatic carbocycles. The number of nitrogens with zero attached hydrogens (tertiary/aromatic N) is 1. The Morgan fingerprint density at radius 2 is 2.26 bits per heavy atom. The van der Waals surface area contributed by atoms with Gasteiger partial charge in [-0.2, -0.15) is 0 Å². The molecule has 5 nitrogen and oxygen atoms in total. The Kier molecular flexibility index (Phi) is 4.63. The molecule has 0 spiro atoms. The lowest BCUT2D eigenvalue weighted by Gasteiger charge is -2.31. The van der Waals surface area contributed by atoms with Crippen molar-refractivity contribution in [2.75, 3.05) is 32.5 Å². The van der Waals surface area contributed by atoms with E-state index in [2.05, 4.69) is 0 Å². The van der Waals surface area contributed by atoms with Gasteiger partial charge in [-0.05, 0) is 25.0 Å². The molecule has 1 amide bonds. The zero-order chi connectivity index (χ0) is 13.7. The fraction of sp³-hybridized carbons (Fsp3) is 0.500. The fourth-order valence-corrected chi connectivity index (χ4v) is 2.20. The van der Waals surface area contributed by atoms with Crippen LogP contribution in [0.3, 0.4) is 0 Å². The van der Waals surface area contributed by atoms with Gasteiger partial charge in [0, 0.05) is 20.2 Å². The number of carbonyl (C=O) groups excluding carboxylic acids is 1. The molecule has 1 atom stereocenters. The number of rotatable bonds is 4. The van der Waals surface area contributed by atoms with Crippen molar-refractivity contribution < 1.29 is 14.3 Å². The first-order valence-electron chi connectivity index (χ1n) is 6.48. The summed E-state index contributed by atoms with van der Waals surface area (Å²) in [6, 6.07) is 7.17. The number of carbonyl (C=O) groups is 1. The molecule has 0 bridgehead atoms. The Bertz CT molecular complexity index is 436. The summed E-state index contributed by atoms with van der Waals surface area (Å²) in [5.74, 6) is 0.529. The molecule has 1 aliphatic heterocycles. The third kappa shape index (κ3) is 3.61. The van der Waals surface area contributed by atoms with Crippen LogP contribution in [0.4, 0.5) is 5.69 Å². The third-order valence-corrected chi connectivity index (χ3v) is 3.33. The van der Waals surface area contributed by atoms with Crippen LogP contribution in [0.15, 0.2) is 24.3 Å². The third-order valence-electron chi connectivity index (χ3n) is 3.33. The van der Waals surface area contributed by atoms with E-state index in [4.69, 9.17) is 15.2 Å². The maximum Gasteiger partial charge on any atom is 0.260 e. The summed E-state index contributed by atoms with van der Waals surface area (Å²) in [4.78, 5) is 13.8. The zero-order valence-corrected chi connectivity index (χ0v) is 11.2. The zero-order valence-electron chi connectivity index (χ0n) is 11.2. The van der Waals surface area contributed by atoms with E-state index in [-0.39, 0.29) is 18.6 Å². The Labute approximate surface area is 113 Å². The van der Waals surface area contributed by atoms with Crippen molar-refractivity contribution in [1.29, 1.82) is 0 Å². The Balaban J connectivity index is 1.86. The SMILES string of the molecule is COC1CCCN(C(=O)COc2ccccc2N)C1. The fourth-order valence-electron chi connectivity index (χ4n) is 2.20. The Morgan fingerprint density at radius 1 is 1.47 bits per heavy atom. The normalized spacial score (nSPS) is 19.2. The first kappa shape index (κ1) is 13.7. The van der Waals surface area contributed by atoms with Gasteiger partial charge in [-0.15, -0.1) is 0 Å². The maximum absolute atomic E-state index is 12.0. The molecule has 1 saturated heterocycles. The molecule has 0 aromatic heterocycles. The number of likely N-dealkylation sites (tertiary alicyclic amines) is 1. The van der Waals surface area contributed by atoms with Gasteiger partial charge in [0.2, 0.25) is 0 Å². The number of nitrogen functional groups attached to an aromatic ring is 1. The average molecular weight is 264 g/mol. The second-order valence-electron chi connectivity index (χ2n) is 4.67. The number of piperidine rings is 1. The summed E-state index contributed by atoms with van der Waals surface area (Å²) >= 11 is 0. The van der Waals surface area contributed by atoms with Crippen molar-refractivity contribution in [3.05, 3.63) is 24.3 Å². The number of anilines is 1. The van der Waals surface area contributed by atoms with E-state index in [1.165, 1.54) is 0 Å². The summed E-state index contributed by atoms with van der Waals surface area (Å²) < 4.78 is 10.8. The number of amides is 1. The van der Waals surface area contributed by atoms with Gasteiger partial charge >= 0.3 is 0 Å². The van der Waals surface area contributed by atoms with Crippen LogP contribution < -0.4 is 10.5 Å². The molecule has 104 valence electrons. The molecule has 5 heteroatoms. The second-order valence-corrected chi connectivity index (χ2v) is 4.67. The number of para-hydroxylation sites is 2. The van der Waals surface area contributed by atoms with Gasteiger partial charge in [-0.3, -0.25) is 4.79 Å². The first-order valence-corrected chi connectivity index (χ1v) is 6.48. The minimum absolute atomic E-state index is 0.0185. The van der Waals surface area contributed by atoms with Crippen LogP contribution in [0.1, 0.15) is 12.8 Å². The minimum Gasteiger partial charge on any atom is -0.482 e. The molecular weight excluding hydrogens is 244 g/mol. The lowest BCUT2D eigenvalue weighted by atomic mass is 10.1. The number of nitrogens with two attached hydrogens (primary N) is 1. The van der Waals surface area contributed by atoms with Crippen molar-refractivity contribution in [2.24, 2.45) is 0 Å². The Morgan fingerprint density at radius 3 is 3.00 bits per heavy atom. The quantitative estimate of drug-likeness (QED) is 0.832. The van der Waals surface area contributed by atoms with E-state index in [1.54, 1.807) is 24.1 Å². The second kappa shape index (κ2) is 6.43. The summed E-state index contributed by atoms with van der Waals surface area (Å²) in [7, 11) is 1.68. The van der Waals surface area contributed by atoms with Crippen molar-refractivity contribution in [1.82, 2.24) is 4.90 Å². The predicted octanol–water partition coefficient (Wildman–Crippen LogP) is 1.28. The average Bonchev–Trinajstić information content (AvgIpc) is 2.46. The van der Waals surface area contributed by atoms with Gasteiger partial charge < -0.3 is 20.1 Å². The molecule has 0 saturated carbocycles. The van der Waals surface area contributed by atoms with E-state index in [0.29, 0.717) is 18.0 Å². The van der Waals surface area contributed by atoms with Crippen LogP contribution in [-0.4, -0.2) is 43.7 Å². The van der Waals surface area contributed by atoms with E-state index < -0.39 is 0 Å². The maximum atomic E-state index is 12.0. The van der Waals surface area contributed by atoms with Crippen molar-refractivity contribution in [3.8, 4) is 5.75 Å². The highest BCUT2D eigenvalue weighted by molar-refractivity contribution is 5.78. The predicted molar refractivity (Wildman–Crippen MR) is 73.0 cm³/mol. The summed E-state index contributed by atoms with van der Waals surface area (Å²) in [5, 5.41) is 0. The molecule has 0 radical (unpaired) electrons. The number of hydrogen-bond donors (Lipinski definition) is 1. The highest BCUT2D eigenvalue weighted by atomic mass is 16.5. The molecule has 2 N–H and O–H groups in total. The minimum atomic E-state index is -0.0231. The topological polar surface area (TPSA) is 64.8 Å². The van der Waals surface area contributed by atoms with Crippen molar-refractivity contribution >= 4 is 11.6 Å². The molecule has 1 fully saturated rings. The van der Waals surface area contributed by atoms with Crippen LogP contribution in [-0.2, 0) is 9.53 Å². The summed E-state index contributed by atoms with van der Waals surface area (Å²) in [5.41, 5.74) is 6.30. The van der Waals surface area contributed by atoms with Crippen LogP contribution in [0.25, 0.3) is 0 Å². The van der Waals surface area contributed by atoms with Crippen LogP contribution in [0.5, 0.6) is 5.75 Å². The monoisotopic (exact) mass is 264 g/mol. The van der Waals surface area contributed by atoms with Gasteiger partial charge in [-0.25, -0.2) is 0 Å². The highest BCUT2D eigenvalue weighted by Crippen LogP contribution is 2.20. The van der Waals surface area contributed by atoms with Crippen LogP contribution in [0.2, 0.25) is 0 Å². The number of ether oxygens (including phenoxy) is 2. The Hall–Kier alpha value is -1.75. The van der Waals surface area contributed by atoms with E-state index in [0.717, 1.165) is 19.4 Å². The molecule has 0 aliphatic carbocycles. The molecule has 1 unspecified atom stereocenters. The van der Waals surface area contributed by atoms with E-state index in [1.807, 2.05) is 12.1 Å². The number of benzene rings is 1. The standard InChI is InChI=1S/C14H20N2O3/c1-18-11-5-4-8-16(9-11)14(17)10-19-13-7-3-2-6-12(13)15/h2-3,6-7,11H,4-5,8-10,15H2,1H3. The van der Waals surface area contributed by atoms with Gasteiger partial charge in [0.25, 0.3) is 5.91 Å². The van der Waals surface area contributed by atoms with E-state index >= 15 is 0 Å². The first-order chi connectivity index (χ1) is 9.20. The van der Waals surface area contributed by atoms with Gasteiger partial charge in [0.05, 0.1) is 11.8 Å². The summed E-state index contributed by atoms with van der Waals surface area (Å²) in [6.07, 6.45) is 2.12. The van der Waals surface area contributed by atoms with Crippen LogP contribution >= 0.6 is 0 Å². The molecule has 2 rings (SSSR count). The molecule has 19 heavy (non-hydrogen) atoms. The molecule has 1 aliphatic rings. The highest BCUT2D eigenvalue weighted by Gasteiger charge is 2.23. The summed E-state index contributed by atoms with van der Waals surface area (Å²) in [6.45, 7) is 1.43. The van der Waals surface area contributed by atoms with Crippen molar-refractivity contribution in [3.63, 3.8) is 0 Å². The molecule has 1 aromatic rings. The van der Waals surface area contributed by atoms with Gasteiger partial charge in [0.1, 0.15) is 5.75 Å². The van der Waals surface area contributed by atoms with Crippen molar-refractivity contribution in [2.45, 2.75) is 18.9 Å².